The standard InChI is InChI=1S/C14H27N3/c1-7-9-15-13(8-2)14-11(5)16-17(10(3)4)12(14)6/h10,13,15H,7-9H2,1-6H3. The average molecular weight is 237 g/mol. The van der Waals surface area contributed by atoms with Crippen LogP contribution in [0.3, 0.4) is 0 Å². The van der Waals surface area contributed by atoms with Gasteiger partial charge in [-0.15, -0.1) is 0 Å². The number of aryl methyl sites for hydroxylation is 1. The van der Waals surface area contributed by atoms with Gasteiger partial charge in [-0.05, 0) is 47.1 Å². The first-order chi connectivity index (χ1) is 8.02. The Labute approximate surface area is 106 Å². The van der Waals surface area contributed by atoms with E-state index in [2.05, 4.69) is 56.6 Å². The fourth-order valence-corrected chi connectivity index (χ4v) is 2.45. The van der Waals surface area contributed by atoms with Crippen LogP contribution in [-0.2, 0) is 0 Å². The third-order valence-electron chi connectivity index (χ3n) is 3.27. The molecule has 1 heterocycles. The Balaban J connectivity index is 3.02. The Morgan fingerprint density at radius 2 is 1.88 bits per heavy atom. The van der Waals surface area contributed by atoms with Crippen LogP contribution in [0.5, 0.6) is 0 Å². The van der Waals surface area contributed by atoms with E-state index in [1.54, 1.807) is 0 Å². The smallest absolute Gasteiger partial charge is 0.0644 e. The van der Waals surface area contributed by atoms with Crippen molar-refractivity contribution < 1.29 is 0 Å². The molecule has 1 rings (SSSR count). The zero-order chi connectivity index (χ0) is 13.0. The molecule has 0 aliphatic heterocycles. The predicted molar refractivity (Wildman–Crippen MR) is 73.4 cm³/mol. The Hall–Kier alpha value is -0.830. The van der Waals surface area contributed by atoms with Crippen LogP contribution < -0.4 is 5.32 Å². The Morgan fingerprint density at radius 1 is 1.24 bits per heavy atom. The number of aromatic nitrogens is 2. The van der Waals surface area contributed by atoms with Crippen LogP contribution in [0.25, 0.3) is 0 Å². The third-order valence-corrected chi connectivity index (χ3v) is 3.27. The minimum atomic E-state index is 0.436. The first-order valence-electron chi connectivity index (χ1n) is 6.81. The maximum Gasteiger partial charge on any atom is 0.0644 e. The minimum Gasteiger partial charge on any atom is -0.310 e. The summed E-state index contributed by atoms with van der Waals surface area (Å²) in [5.74, 6) is 0. The van der Waals surface area contributed by atoms with Gasteiger partial charge in [-0.1, -0.05) is 13.8 Å². The highest BCUT2D eigenvalue weighted by atomic mass is 15.3. The summed E-state index contributed by atoms with van der Waals surface area (Å²) >= 11 is 0. The van der Waals surface area contributed by atoms with Crippen LogP contribution in [0.4, 0.5) is 0 Å². The molecule has 0 bridgehead atoms. The second-order valence-corrected chi connectivity index (χ2v) is 5.04. The van der Waals surface area contributed by atoms with Gasteiger partial charge in [0.1, 0.15) is 0 Å². The fourth-order valence-electron chi connectivity index (χ4n) is 2.45. The van der Waals surface area contributed by atoms with Crippen LogP contribution >= 0.6 is 0 Å². The lowest BCUT2D eigenvalue weighted by atomic mass is 10.0. The van der Waals surface area contributed by atoms with E-state index in [0.717, 1.165) is 13.0 Å². The average Bonchev–Trinajstić information content (AvgIpc) is 2.57. The quantitative estimate of drug-likeness (QED) is 0.820. The Bertz CT molecular complexity index is 353. The van der Waals surface area contributed by atoms with E-state index in [0.29, 0.717) is 12.1 Å². The topological polar surface area (TPSA) is 29.9 Å². The van der Waals surface area contributed by atoms with Gasteiger partial charge in [0, 0.05) is 23.3 Å². The molecule has 0 saturated carbocycles. The lowest BCUT2D eigenvalue weighted by Gasteiger charge is -2.18. The summed E-state index contributed by atoms with van der Waals surface area (Å²) in [4.78, 5) is 0. The molecule has 0 saturated heterocycles. The molecule has 17 heavy (non-hydrogen) atoms. The van der Waals surface area contributed by atoms with Gasteiger partial charge in [0.05, 0.1) is 5.69 Å². The molecule has 3 nitrogen and oxygen atoms in total. The van der Waals surface area contributed by atoms with Crippen LogP contribution in [0.1, 0.15) is 69.6 Å². The molecule has 1 atom stereocenters. The van der Waals surface area contributed by atoms with Crippen LogP contribution in [0.15, 0.2) is 0 Å². The molecule has 0 radical (unpaired) electrons. The molecular weight excluding hydrogens is 210 g/mol. The van der Waals surface area contributed by atoms with Gasteiger partial charge in [0.15, 0.2) is 0 Å². The van der Waals surface area contributed by atoms with Crippen molar-refractivity contribution in [3.05, 3.63) is 17.0 Å². The first kappa shape index (κ1) is 14.2. The number of nitrogens with zero attached hydrogens (tertiary/aromatic N) is 2. The Morgan fingerprint density at radius 3 is 2.29 bits per heavy atom. The summed E-state index contributed by atoms with van der Waals surface area (Å²) in [6.07, 6.45) is 2.29. The molecule has 0 aliphatic rings. The molecular formula is C14H27N3. The number of rotatable bonds is 6. The van der Waals surface area contributed by atoms with E-state index in [1.165, 1.54) is 23.4 Å². The highest BCUT2D eigenvalue weighted by Crippen LogP contribution is 2.25. The maximum atomic E-state index is 4.66. The third kappa shape index (κ3) is 3.09. The van der Waals surface area contributed by atoms with Gasteiger partial charge < -0.3 is 5.32 Å². The highest BCUT2D eigenvalue weighted by molar-refractivity contribution is 5.28. The monoisotopic (exact) mass is 237 g/mol. The highest BCUT2D eigenvalue weighted by Gasteiger charge is 2.19. The van der Waals surface area contributed by atoms with Gasteiger partial charge in [-0.25, -0.2) is 0 Å². The molecule has 0 amide bonds. The number of hydrogen-bond donors (Lipinski definition) is 1. The predicted octanol–water partition coefficient (Wildman–Crippen LogP) is 3.53. The summed E-state index contributed by atoms with van der Waals surface area (Å²) in [5.41, 5.74) is 3.88. The molecule has 0 aromatic carbocycles. The van der Waals surface area contributed by atoms with Crippen LogP contribution in [-0.4, -0.2) is 16.3 Å². The molecule has 3 heteroatoms. The minimum absolute atomic E-state index is 0.436. The summed E-state index contributed by atoms with van der Waals surface area (Å²) < 4.78 is 2.14. The van der Waals surface area contributed by atoms with Gasteiger partial charge in [0.2, 0.25) is 0 Å². The number of hydrogen-bond acceptors (Lipinski definition) is 2. The van der Waals surface area contributed by atoms with E-state index in [9.17, 15) is 0 Å². The van der Waals surface area contributed by atoms with Crippen molar-refractivity contribution in [1.29, 1.82) is 0 Å². The van der Waals surface area contributed by atoms with E-state index >= 15 is 0 Å². The number of nitrogens with one attached hydrogen (secondary N) is 1. The summed E-state index contributed by atoms with van der Waals surface area (Å²) in [6.45, 7) is 14.2. The molecule has 0 aliphatic carbocycles. The summed E-state index contributed by atoms with van der Waals surface area (Å²) in [7, 11) is 0. The fraction of sp³-hybridized carbons (Fsp3) is 0.786. The zero-order valence-electron chi connectivity index (χ0n) is 12.2. The van der Waals surface area contributed by atoms with Crippen LogP contribution in [0.2, 0.25) is 0 Å². The molecule has 0 fully saturated rings. The van der Waals surface area contributed by atoms with Gasteiger partial charge in [-0.2, -0.15) is 5.10 Å². The van der Waals surface area contributed by atoms with Crippen molar-refractivity contribution in [2.24, 2.45) is 0 Å². The van der Waals surface area contributed by atoms with Crippen molar-refractivity contribution in [2.75, 3.05) is 6.54 Å². The van der Waals surface area contributed by atoms with E-state index in [1.807, 2.05) is 0 Å². The van der Waals surface area contributed by atoms with Crippen molar-refractivity contribution in [1.82, 2.24) is 15.1 Å². The second-order valence-electron chi connectivity index (χ2n) is 5.04. The van der Waals surface area contributed by atoms with E-state index in [4.69, 9.17) is 0 Å². The molecule has 0 spiro atoms. The van der Waals surface area contributed by atoms with Gasteiger partial charge in [0.25, 0.3) is 0 Å². The largest absolute Gasteiger partial charge is 0.310 e. The molecule has 1 N–H and O–H groups in total. The summed E-state index contributed by atoms with van der Waals surface area (Å²) in [6, 6.07) is 0.883. The lowest BCUT2D eigenvalue weighted by Crippen LogP contribution is -2.22. The molecule has 1 aromatic rings. The zero-order valence-corrected chi connectivity index (χ0v) is 12.2. The summed E-state index contributed by atoms with van der Waals surface area (Å²) in [5, 5.41) is 8.28. The van der Waals surface area contributed by atoms with Crippen molar-refractivity contribution in [3.8, 4) is 0 Å². The molecule has 1 unspecified atom stereocenters. The Kier molecular flexibility index (Phi) is 5.19. The normalized spacial score (nSPS) is 13.4. The van der Waals surface area contributed by atoms with Crippen molar-refractivity contribution in [3.63, 3.8) is 0 Å². The van der Waals surface area contributed by atoms with E-state index in [-0.39, 0.29) is 0 Å². The van der Waals surface area contributed by atoms with Crippen LogP contribution in [0, 0.1) is 13.8 Å². The maximum absolute atomic E-state index is 4.66. The van der Waals surface area contributed by atoms with Crippen molar-refractivity contribution >= 4 is 0 Å². The van der Waals surface area contributed by atoms with Gasteiger partial charge in [-0.3, -0.25) is 4.68 Å². The van der Waals surface area contributed by atoms with E-state index < -0.39 is 0 Å². The van der Waals surface area contributed by atoms with Crippen molar-refractivity contribution in [2.45, 2.75) is 66.5 Å². The van der Waals surface area contributed by atoms with Gasteiger partial charge >= 0.3 is 0 Å². The first-order valence-corrected chi connectivity index (χ1v) is 6.81. The lowest BCUT2D eigenvalue weighted by molar-refractivity contribution is 0.500. The molecule has 98 valence electrons. The SMILES string of the molecule is CCCNC(CC)c1c(C)nn(C(C)C)c1C. The molecule has 1 aromatic heterocycles. The second kappa shape index (κ2) is 6.20.